The summed E-state index contributed by atoms with van der Waals surface area (Å²) in [4.78, 5) is 6.92. The lowest BCUT2D eigenvalue weighted by molar-refractivity contribution is 0.218. The van der Waals surface area contributed by atoms with Crippen molar-refractivity contribution in [1.29, 1.82) is 0 Å². The van der Waals surface area contributed by atoms with Crippen molar-refractivity contribution in [2.45, 2.75) is 39.3 Å². The van der Waals surface area contributed by atoms with Gasteiger partial charge in [-0.3, -0.25) is 4.90 Å². The summed E-state index contributed by atoms with van der Waals surface area (Å²) < 4.78 is 16.6. The molecule has 1 fully saturated rings. The molecule has 2 heterocycles. The van der Waals surface area contributed by atoms with E-state index in [2.05, 4.69) is 16.0 Å². The standard InChI is InChI=1S/C18H24N2O3/c1-12-13(2)23-18(19-12)11-20-9-5-6-16(20)15-8-7-14(21-3)10-17(15)22-4/h7-8,10,16H,5-6,9,11H2,1-4H3. The maximum Gasteiger partial charge on any atom is 0.208 e. The Morgan fingerprint density at radius 3 is 2.74 bits per heavy atom. The van der Waals surface area contributed by atoms with Gasteiger partial charge in [0.25, 0.3) is 0 Å². The van der Waals surface area contributed by atoms with Gasteiger partial charge in [-0.15, -0.1) is 0 Å². The van der Waals surface area contributed by atoms with Crippen LogP contribution in [-0.2, 0) is 6.54 Å². The van der Waals surface area contributed by atoms with Crippen LogP contribution in [0.3, 0.4) is 0 Å². The molecule has 1 aromatic carbocycles. The third-order valence-electron chi connectivity index (χ3n) is 4.57. The number of rotatable bonds is 5. The molecule has 1 saturated heterocycles. The Labute approximate surface area is 137 Å². The van der Waals surface area contributed by atoms with Crippen molar-refractivity contribution in [2.24, 2.45) is 0 Å². The topological polar surface area (TPSA) is 47.7 Å². The second-order valence-electron chi connectivity index (χ2n) is 5.99. The molecule has 5 heteroatoms. The average Bonchev–Trinajstić information content (AvgIpc) is 3.13. The van der Waals surface area contributed by atoms with Crippen molar-refractivity contribution in [3.63, 3.8) is 0 Å². The Bertz CT molecular complexity index is 661. The molecule has 23 heavy (non-hydrogen) atoms. The third kappa shape index (κ3) is 3.20. The smallest absolute Gasteiger partial charge is 0.208 e. The van der Waals surface area contributed by atoms with Gasteiger partial charge in [-0.25, -0.2) is 4.98 Å². The van der Waals surface area contributed by atoms with E-state index in [1.807, 2.05) is 26.0 Å². The van der Waals surface area contributed by atoms with Crippen LogP contribution in [0.1, 0.15) is 41.8 Å². The molecule has 124 valence electrons. The Morgan fingerprint density at radius 1 is 1.26 bits per heavy atom. The molecular weight excluding hydrogens is 292 g/mol. The van der Waals surface area contributed by atoms with Gasteiger partial charge in [-0.05, 0) is 39.3 Å². The number of aromatic nitrogens is 1. The van der Waals surface area contributed by atoms with Gasteiger partial charge in [-0.2, -0.15) is 0 Å². The number of methoxy groups -OCH3 is 2. The lowest BCUT2D eigenvalue weighted by Crippen LogP contribution is -2.23. The van der Waals surface area contributed by atoms with Crippen LogP contribution in [0.15, 0.2) is 22.6 Å². The second-order valence-corrected chi connectivity index (χ2v) is 5.99. The van der Waals surface area contributed by atoms with E-state index in [1.54, 1.807) is 14.2 Å². The van der Waals surface area contributed by atoms with Crippen molar-refractivity contribution < 1.29 is 13.9 Å². The fourth-order valence-electron chi connectivity index (χ4n) is 3.24. The zero-order valence-electron chi connectivity index (χ0n) is 14.3. The Balaban J connectivity index is 1.83. The summed E-state index contributed by atoms with van der Waals surface area (Å²) in [5.41, 5.74) is 2.17. The summed E-state index contributed by atoms with van der Waals surface area (Å²) in [7, 11) is 3.38. The molecule has 0 saturated carbocycles. The maximum atomic E-state index is 5.75. The number of ether oxygens (including phenoxy) is 2. The first-order valence-corrected chi connectivity index (χ1v) is 8.01. The van der Waals surface area contributed by atoms with Crippen molar-refractivity contribution >= 4 is 0 Å². The van der Waals surface area contributed by atoms with Crippen molar-refractivity contribution in [1.82, 2.24) is 9.88 Å². The predicted molar refractivity (Wildman–Crippen MR) is 87.9 cm³/mol. The average molecular weight is 316 g/mol. The number of likely N-dealkylation sites (tertiary alicyclic amines) is 1. The zero-order chi connectivity index (χ0) is 16.4. The first-order valence-electron chi connectivity index (χ1n) is 8.01. The summed E-state index contributed by atoms with van der Waals surface area (Å²) in [6, 6.07) is 6.37. The van der Waals surface area contributed by atoms with Crippen LogP contribution in [0.25, 0.3) is 0 Å². The largest absolute Gasteiger partial charge is 0.497 e. The van der Waals surface area contributed by atoms with E-state index in [1.165, 1.54) is 12.0 Å². The Hall–Kier alpha value is -2.01. The van der Waals surface area contributed by atoms with Gasteiger partial charge < -0.3 is 13.9 Å². The molecule has 1 aliphatic heterocycles. The van der Waals surface area contributed by atoms with Gasteiger partial charge in [0.1, 0.15) is 17.3 Å². The molecule has 1 aliphatic rings. The molecule has 5 nitrogen and oxygen atoms in total. The minimum absolute atomic E-state index is 0.323. The molecule has 3 rings (SSSR count). The lowest BCUT2D eigenvalue weighted by atomic mass is 10.0. The van der Waals surface area contributed by atoms with E-state index < -0.39 is 0 Å². The highest BCUT2D eigenvalue weighted by molar-refractivity contribution is 5.42. The summed E-state index contributed by atoms with van der Waals surface area (Å²) in [6.07, 6.45) is 2.28. The van der Waals surface area contributed by atoms with E-state index >= 15 is 0 Å². The minimum Gasteiger partial charge on any atom is -0.497 e. The SMILES string of the molecule is COc1ccc(C2CCCN2Cc2nc(C)c(C)o2)c(OC)c1. The number of aryl methyl sites for hydroxylation is 2. The fourth-order valence-corrected chi connectivity index (χ4v) is 3.24. The molecular formula is C18H24N2O3. The van der Waals surface area contributed by atoms with Crippen LogP contribution in [0, 0.1) is 13.8 Å². The van der Waals surface area contributed by atoms with Gasteiger partial charge in [0, 0.05) is 17.7 Å². The molecule has 0 amide bonds. The second kappa shape index (κ2) is 6.62. The van der Waals surface area contributed by atoms with Crippen LogP contribution < -0.4 is 9.47 Å². The van der Waals surface area contributed by atoms with Gasteiger partial charge in [0.2, 0.25) is 5.89 Å². The van der Waals surface area contributed by atoms with E-state index in [9.17, 15) is 0 Å². The van der Waals surface area contributed by atoms with Crippen molar-refractivity contribution in [3.8, 4) is 11.5 Å². The summed E-state index contributed by atoms with van der Waals surface area (Å²) in [5.74, 6) is 3.38. The molecule has 2 aromatic rings. The van der Waals surface area contributed by atoms with E-state index in [0.29, 0.717) is 6.04 Å². The highest BCUT2D eigenvalue weighted by atomic mass is 16.5. The van der Waals surface area contributed by atoms with Crippen LogP contribution in [0.4, 0.5) is 0 Å². The Kier molecular flexibility index (Phi) is 4.57. The first-order chi connectivity index (χ1) is 11.1. The Morgan fingerprint density at radius 2 is 2.09 bits per heavy atom. The van der Waals surface area contributed by atoms with Gasteiger partial charge in [-0.1, -0.05) is 6.07 Å². The quantitative estimate of drug-likeness (QED) is 0.842. The molecule has 0 N–H and O–H groups in total. The minimum atomic E-state index is 0.323. The van der Waals surface area contributed by atoms with Gasteiger partial charge in [0.15, 0.2) is 0 Å². The molecule has 1 aromatic heterocycles. The molecule has 0 bridgehead atoms. The number of benzene rings is 1. The summed E-state index contributed by atoms with van der Waals surface area (Å²) in [6.45, 7) is 5.71. The molecule has 1 unspecified atom stereocenters. The van der Waals surface area contributed by atoms with Crippen LogP contribution in [0.5, 0.6) is 11.5 Å². The van der Waals surface area contributed by atoms with Gasteiger partial charge >= 0.3 is 0 Å². The number of nitrogens with zero attached hydrogens (tertiary/aromatic N) is 2. The maximum absolute atomic E-state index is 5.75. The third-order valence-corrected chi connectivity index (χ3v) is 4.57. The van der Waals surface area contributed by atoms with Crippen LogP contribution >= 0.6 is 0 Å². The van der Waals surface area contributed by atoms with E-state index in [0.717, 1.165) is 48.4 Å². The highest BCUT2D eigenvalue weighted by Gasteiger charge is 2.29. The van der Waals surface area contributed by atoms with Crippen molar-refractivity contribution in [3.05, 3.63) is 41.1 Å². The lowest BCUT2D eigenvalue weighted by Gasteiger charge is -2.25. The van der Waals surface area contributed by atoms with E-state index in [4.69, 9.17) is 13.9 Å². The molecule has 0 radical (unpaired) electrons. The summed E-state index contributed by atoms with van der Waals surface area (Å²) >= 11 is 0. The van der Waals surface area contributed by atoms with Crippen molar-refractivity contribution in [2.75, 3.05) is 20.8 Å². The number of hydrogen-bond donors (Lipinski definition) is 0. The highest BCUT2D eigenvalue weighted by Crippen LogP contribution is 2.39. The predicted octanol–water partition coefficient (Wildman–Crippen LogP) is 3.65. The number of oxazole rings is 1. The molecule has 0 aliphatic carbocycles. The van der Waals surface area contributed by atoms with Crippen LogP contribution in [-0.4, -0.2) is 30.6 Å². The number of hydrogen-bond acceptors (Lipinski definition) is 5. The monoisotopic (exact) mass is 316 g/mol. The van der Waals surface area contributed by atoms with Gasteiger partial charge in [0.05, 0.1) is 26.5 Å². The van der Waals surface area contributed by atoms with Crippen LogP contribution in [0.2, 0.25) is 0 Å². The first kappa shape index (κ1) is 15.9. The normalized spacial score (nSPS) is 18.3. The summed E-state index contributed by atoms with van der Waals surface area (Å²) in [5, 5.41) is 0. The zero-order valence-corrected chi connectivity index (χ0v) is 14.3. The molecule has 1 atom stereocenters. The fraction of sp³-hybridized carbons (Fsp3) is 0.500. The molecule has 0 spiro atoms. The van der Waals surface area contributed by atoms with E-state index in [-0.39, 0.29) is 0 Å².